The van der Waals surface area contributed by atoms with Gasteiger partial charge in [0.25, 0.3) is 5.91 Å². The summed E-state index contributed by atoms with van der Waals surface area (Å²) in [6.07, 6.45) is 5.32. The first-order valence-electron chi connectivity index (χ1n) is 7.42. The van der Waals surface area contributed by atoms with Crippen LogP contribution in [0.15, 0.2) is 24.3 Å². The molecule has 110 valence electrons. The molecule has 1 aromatic carbocycles. The molecule has 1 aliphatic rings. The fourth-order valence-corrected chi connectivity index (χ4v) is 2.69. The monoisotopic (exact) mass is 276 g/mol. The number of carbonyl (C=O) groups excluding carboxylic acids is 1. The first-order chi connectivity index (χ1) is 9.66. The van der Waals surface area contributed by atoms with Crippen LogP contribution in [-0.2, 0) is 4.74 Å². The van der Waals surface area contributed by atoms with Gasteiger partial charge < -0.3 is 15.8 Å². The number of nitrogens with one attached hydrogen (secondary N) is 1. The predicted octanol–water partition coefficient (Wildman–Crippen LogP) is 2.59. The zero-order chi connectivity index (χ0) is 14.4. The van der Waals surface area contributed by atoms with Crippen molar-refractivity contribution in [2.75, 3.05) is 18.9 Å². The van der Waals surface area contributed by atoms with Crippen LogP contribution in [0.3, 0.4) is 0 Å². The zero-order valence-corrected chi connectivity index (χ0v) is 12.1. The molecule has 1 aliphatic carbocycles. The molecule has 0 aromatic heterocycles. The van der Waals surface area contributed by atoms with E-state index in [1.54, 1.807) is 24.3 Å². The van der Waals surface area contributed by atoms with E-state index in [0.29, 0.717) is 36.4 Å². The van der Waals surface area contributed by atoms with Gasteiger partial charge in [0.05, 0.1) is 12.7 Å². The Morgan fingerprint density at radius 3 is 2.95 bits per heavy atom. The van der Waals surface area contributed by atoms with Gasteiger partial charge in [0.2, 0.25) is 0 Å². The summed E-state index contributed by atoms with van der Waals surface area (Å²) in [5.74, 6) is 0.533. The fourth-order valence-electron chi connectivity index (χ4n) is 2.69. The molecule has 0 bridgehead atoms. The Kier molecular flexibility index (Phi) is 5.41. The van der Waals surface area contributed by atoms with Crippen molar-refractivity contribution in [3.63, 3.8) is 0 Å². The predicted molar refractivity (Wildman–Crippen MR) is 80.6 cm³/mol. The lowest BCUT2D eigenvalue weighted by atomic mass is 9.88. The number of nitrogens with two attached hydrogens (primary N) is 1. The fraction of sp³-hybridized carbons (Fsp3) is 0.562. The van der Waals surface area contributed by atoms with Crippen molar-refractivity contribution in [3.05, 3.63) is 29.8 Å². The molecule has 1 saturated carbocycles. The number of amides is 1. The Bertz CT molecular complexity index is 448. The van der Waals surface area contributed by atoms with E-state index < -0.39 is 0 Å². The molecule has 20 heavy (non-hydrogen) atoms. The minimum absolute atomic E-state index is 0.0995. The van der Waals surface area contributed by atoms with Crippen LogP contribution in [0.25, 0.3) is 0 Å². The van der Waals surface area contributed by atoms with Crippen LogP contribution in [0.5, 0.6) is 0 Å². The number of hydrogen-bond donors (Lipinski definition) is 2. The molecule has 0 spiro atoms. The standard InChI is InChI=1S/C16H24N2O2/c1-12-5-2-3-8-15(12)20-10-9-18-16(19)13-6-4-7-14(17)11-13/h4,6-7,11-12,15H,2-3,5,8-10,17H2,1H3,(H,18,19). The summed E-state index contributed by atoms with van der Waals surface area (Å²) >= 11 is 0. The Hall–Kier alpha value is -1.55. The molecule has 2 rings (SSSR count). The van der Waals surface area contributed by atoms with E-state index in [0.717, 1.165) is 6.42 Å². The van der Waals surface area contributed by atoms with E-state index in [-0.39, 0.29) is 5.91 Å². The third kappa shape index (κ3) is 4.23. The summed E-state index contributed by atoms with van der Waals surface area (Å²) in [6.45, 7) is 3.36. The lowest BCUT2D eigenvalue weighted by molar-refractivity contribution is -0.00293. The van der Waals surface area contributed by atoms with E-state index in [9.17, 15) is 4.79 Å². The van der Waals surface area contributed by atoms with E-state index in [2.05, 4.69) is 12.2 Å². The summed E-state index contributed by atoms with van der Waals surface area (Å²) in [4.78, 5) is 11.9. The Balaban J connectivity index is 1.69. The van der Waals surface area contributed by atoms with Gasteiger partial charge in [-0.15, -0.1) is 0 Å². The van der Waals surface area contributed by atoms with Crippen molar-refractivity contribution in [3.8, 4) is 0 Å². The second kappa shape index (κ2) is 7.29. The van der Waals surface area contributed by atoms with Crippen LogP contribution in [0.2, 0.25) is 0 Å². The summed E-state index contributed by atoms with van der Waals surface area (Å²) in [7, 11) is 0. The van der Waals surface area contributed by atoms with Crippen LogP contribution in [0.1, 0.15) is 43.0 Å². The average Bonchev–Trinajstić information content (AvgIpc) is 2.45. The van der Waals surface area contributed by atoms with Gasteiger partial charge in [0, 0.05) is 17.8 Å². The number of rotatable bonds is 5. The van der Waals surface area contributed by atoms with Crippen LogP contribution in [0.4, 0.5) is 5.69 Å². The minimum atomic E-state index is -0.0995. The molecule has 1 aromatic rings. The number of ether oxygens (including phenoxy) is 1. The zero-order valence-electron chi connectivity index (χ0n) is 12.1. The van der Waals surface area contributed by atoms with Crippen molar-refractivity contribution in [2.45, 2.75) is 38.7 Å². The number of nitrogen functional groups attached to an aromatic ring is 1. The molecule has 0 heterocycles. The third-order valence-electron chi connectivity index (χ3n) is 3.90. The summed E-state index contributed by atoms with van der Waals surface area (Å²) in [6, 6.07) is 6.99. The molecule has 0 aliphatic heterocycles. The van der Waals surface area contributed by atoms with Crippen LogP contribution < -0.4 is 11.1 Å². The number of benzene rings is 1. The van der Waals surface area contributed by atoms with Gasteiger partial charge in [-0.3, -0.25) is 4.79 Å². The highest BCUT2D eigenvalue weighted by Gasteiger charge is 2.21. The number of anilines is 1. The first-order valence-corrected chi connectivity index (χ1v) is 7.42. The number of hydrogen-bond acceptors (Lipinski definition) is 3. The van der Waals surface area contributed by atoms with Gasteiger partial charge in [-0.2, -0.15) is 0 Å². The summed E-state index contributed by atoms with van der Waals surface area (Å²) < 4.78 is 5.87. The Labute approximate surface area is 120 Å². The van der Waals surface area contributed by atoms with Gasteiger partial charge >= 0.3 is 0 Å². The topological polar surface area (TPSA) is 64.3 Å². The molecule has 2 unspecified atom stereocenters. The van der Waals surface area contributed by atoms with E-state index in [1.165, 1.54) is 19.3 Å². The maximum atomic E-state index is 11.9. The first kappa shape index (κ1) is 14.9. The minimum Gasteiger partial charge on any atom is -0.399 e. The van der Waals surface area contributed by atoms with Gasteiger partial charge in [-0.25, -0.2) is 0 Å². The van der Waals surface area contributed by atoms with E-state index in [1.807, 2.05) is 0 Å². The van der Waals surface area contributed by atoms with Crippen molar-refractivity contribution < 1.29 is 9.53 Å². The summed E-state index contributed by atoms with van der Waals surface area (Å²) in [5, 5.41) is 2.86. The summed E-state index contributed by atoms with van der Waals surface area (Å²) in [5.41, 5.74) is 6.85. The van der Waals surface area contributed by atoms with Crippen molar-refractivity contribution >= 4 is 11.6 Å². The van der Waals surface area contributed by atoms with Crippen molar-refractivity contribution in [1.82, 2.24) is 5.32 Å². The van der Waals surface area contributed by atoms with Crippen LogP contribution in [-0.4, -0.2) is 25.2 Å². The molecule has 1 fully saturated rings. The SMILES string of the molecule is CC1CCCCC1OCCNC(=O)c1cccc(N)c1. The number of carbonyl (C=O) groups is 1. The molecule has 0 radical (unpaired) electrons. The molecule has 4 nitrogen and oxygen atoms in total. The van der Waals surface area contributed by atoms with Gasteiger partial charge in [-0.1, -0.05) is 25.8 Å². The van der Waals surface area contributed by atoms with Gasteiger partial charge in [0.15, 0.2) is 0 Å². The Morgan fingerprint density at radius 1 is 1.40 bits per heavy atom. The molecular weight excluding hydrogens is 252 g/mol. The largest absolute Gasteiger partial charge is 0.399 e. The quantitative estimate of drug-likeness (QED) is 0.642. The highest BCUT2D eigenvalue weighted by Crippen LogP contribution is 2.25. The molecule has 0 saturated heterocycles. The molecule has 1 amide bonds. The maximum Gasteiger partial charge on any atom is 0.251 e. The van der Waals surface area contributed by atoms with Gasteiger partial charge in [0.1, 0.15) is 0 Å². The van der Waals surface area contributed by atoms with Crippen molar-refractivity contribution in [2.24, 2.45) is 5.92 Å². The maximum absolute atomic E-state index is 11.9. The smallest absolute Gasteiger partial charge is 0.251 e. The second-order valence-corrected chi connectivity index (χ2v) is 5.55. The average molecular weight is 276 g/mol. The molecule has 3 N–H and O–H groups in total. The van der Waals surface area contributed by atoms with E-state index >= 15 is 0 Å². The highest BCUT2D eigenvalue weighted by atomic mass is 16.5. The molecular formula is C16H24N2O2. The third-order valence-corrected chi connectivity index (χ3v) is 3.90. The van der Waals surface area contributed by atoms with Gasteiger partial charge in [-0.05, 0) is 37.0 Å². The van der Waals surface area contributed by atoms with Crippen LogP contribution >= 0.6 is 0 Å². The highest BCUT2D eigenvalue weighted by molar-refractivity contribution is 5.94. The van der Waals surface area contributed by atoms with Crippen LogP contribution in [0, 0.1) is 5.92 Å². The van der Waals surface area contributed by atoms with Crippen molar-refractivity contribution in [1.29, 1.82) is 0 Å². The Morgan fingerprint density at radius 2 is 2.20 bits per heavy atom. The van der Waals surface area contributed by atoms with E-state index in [4.69, 9.17) is 10.5 Å². The normalized spacial score (nSPS) is 22.4. The lowest BCUT2D eigenvalue weighted by Crippen LogP contribution is -2.31. The second-order valence-electron chi connectivity index (χ2n) is 5.55. The molecule has 2 atom stereocenters. The lowest BCUT2D eigenvalue weighted by Gasteiger charge is -2.28. The molecule has 4 heteroatoms.